The van der Waals surface area contributed by atoms with Crippen LogP contribution in [0.4, 0.5) is 0 Å². The van der Waals surface area contributed by atoms with Crippen LogP contribution >= 0.6 is 0 Å². The van der Waals surface area contributed by atoms with Gasteiger partial charge in [0.15, 0.2) is 0 Å². The maximum Gasteiger partial charge on any atom is 0.396 e. The first-order chi connectivity index (χ1) is 3.72. The van der Waals surface area contributed by atoms with E-state index in [4.69, 9.17) is 15.5 Å². The fraction of sp³-hybridized carbons (Fsp3) is 0.333. The van der Waals surface area contributed by atoms with Crippen molar-refractivity contribution < 1.29 is 25.1 Å². The summed E-state index contributed by atoms with van der Waals surface area (Å²) in [5, 5.41) is 24.0. The van der Waals surface area contributed by atoms with E-state index in [-0.39, 0.29) is 0 Å². The Bertz CT molecular complexity index is 83.8. The third kappa shape index (κ3) is 1.57. The van der Waals surface area contributed by atoms with Gasteiger partial charge in [-0.3, -0.25) is 4.89 Å². The average Bonchev–Trinajstić information content (AvgIpc) is 1.84. The van der Waals surface area contributed by atoms with Crippen molar-refractivity contribution in [2.75, 3.05) is 7.11 Å². The van der Waals surface area contributed by atoms with E-state index in [1.54, 1.807) is 0 Å². The normalized spacial score (nSPS) is 12.2. The summed E-state index contributed by atoms with van der Waals surface area (Å²) < 4.78 is 4.00. The van der Waals surface area contributed by atoms with Gasteiger partial charge in [0.1, 0.15) is 0 Å². The Morgan fingerprint density at radius 3 is 1.88 bits per heavy atom. The van der Waals surface area contributed by atoms with Crippen LogP contribution in [0.2, 0.25) is 0 Å². The molecule has 0 saturated carbocycles. The molecule has 0 amide bonds. The van der Waals surface area contributed by atoms with Gasteiger partial charge < -0.3 is 14.9 Å². The summed E-state index contributed by atoms with van der Waals surface area (Å²) in [5.74, 6) is -1.93. The molecule has 0 saturated heterocycles. The zero-order valence-corrected chi connectivity index (χ0v) is 4.16. The second kappa shape index (κ2) is 2.98. The first-order valence-corrected chi connectivity index (χ1v) is 1.70. The summed E-state index contributed by atoms with van der Waals surface area (Å²) in [4.78, 5) is 3.16. The Morgan fingerprint density at radius 2 is 1.75 bits per heavy atom. The largest absolute Gasteiger partial charge is 0.476 e. The van der Waals surface area contributed by atoms with Crippen molar-refractivity contribution in [3.8, 4) is 0 Å². The third-order valence-corrected chi connectivity index (χ3v) is 0.463. The maximum absolute atomic E-state index is 8.25. The molecule has 8 heavy (non-hydrogen) atoms. The van der Waals surface area contributed by atoms with Gasteiger partial charge in [-0.2, -0.15) is 5.26 Å². The Balaban J connectivity index is 3.83. The molecule has 0 aliphatic rings. The van der Waals surface area contributed by atoms with Crippen LogP contribution in [0.5, 0.6) is 0 Å². The molecule has 0 fully saturated rings. The standard InChI is InChI=1S/C3H6O5/c1-7-2(4)3(5)8-6/h4-6H,1H3/b3-2-. The van der Waals surface area contributed by atoms with Crippen LogP contribution in [0, 0.1) is 0 Å². The van der Waals surface area contributed by atoms with E-state index in [9.17, 15) is 0 Å². The number of hydrogen-bond acceptors (Lipinski definition) is 5. The zero-order valence-electron chi connectivity index (χ0n) is 4.16. The Morgan fingerprint density at radius 1 is 1.25 bits per heavy atom. The minimum absolute atomic E-state index is 0.868. The highest BCUT2D eigenvalue weighted by atomic mass is 17.1. The van der Waals surface area contributed by atoms with Crippen LogP contribution in [-0.4, -0.2) is 22.6 Å². The van der Waals surface area contributed by atoms with Crippen LogP contribution < -0.4 is 0 Å². The first-order valence-electron chi connectivity index (χ1n) is 1.70. The summed E-state index contributed by atoms with van der Waals surface area (Å²) in [5.41, 5.74) is 0. The van der Waals surface area contributed by atoms with Gasteiger partial charge in [-0.25, -0.2) is 0 Å². The Hall–Kier alpha value is -1.10. The summed E-state index contributed by atoms with van der Waals surface area (Å²) >= 11 is 0. The van der Waals surface area contributed by atoms with Crippen LogP contribution in [-0.2, 0) is 9.62 Å². The fourth-order valence-corrected chi connectivity index (χ4v) is 0.126. The van der Waals surface area contributed by atoms with Crippen molar-refractivity contribution in [2.24, 2.45) is 0 Å². The molecule has 0 spiro atoms. The molecular formula is C3H6O5. The third-order valence-electron chi connectivity index (χ3n) is 0.463. The predicted octanol–water partition coefficient (Wildman–Crippen LogP) is 0.365. The highest BCUT2D eigenvalue weighted by Crippen LogP contribution is 1.95. The topological polar surface area (TPSA) is 79.2 Å². The SMILES string of the molecule is CO/C(O)=C(/O)OO. The van der Waals surface area contributed by atoms with Gasteiger partial charge in [-0.05, 0) is 0 Å². The van der Waals surface area contributed by atoms with Gasteiger partial charge in [0.25, 0.3) is 0 Å². The molecule has 0 aliphatic carbocycles. The van der Waals surface area contributed by atoms with E-state index >= 15 is 0 Å². The summed E-state index contributed by atoms with van der Waals surface area (Å²) in [7, 11) is 1.10. The molecule has 0 aromatic rings. The van der Waals surface area contributed by atoms with E-state index in [2.05, 4.69) is 9.62 Å². The molecular weight excluding hydrogens is 116 g/mol. The van der Waals surface area contributed by atoms with Crippen molar-refractivity contribution in [1.82, 2.24) is 0 Å². The van der Waals surface area contributed by atoms with Gasteiger partial charge in [-0.15, -0.1) is 0 Å². The highest BCUT2D eigenvalue weighted by Gasteiger charge is 2.02. The molecule has 0 radical (unpaired) electrons. The van der Waals surface area contributed by atoms with E-state index in [0.29, 0.717) is 0 Å². The van der Waals surface area contributed by atoms with E-state index < -0.39 is 11.9 Å². The van der Waals surface area contributed by atoms with E-state index in [1.165, 1.54) is 0 Å². The van der Waals surface area contributed by atoms with E-state index in [0.717, 1.165) is 7.11 Å². The van der Waals surface area contributed by atoms with Gasteiger partial charge in [-0.1, -0.05) is 0 Å². The number of aliphatic hydroxyl groups is 2. The molecule has 5 nitrogen and oxygen atoms in total. The van der Waals surface area contributed by atoms with Crippen molar-refractivity contribution >= 4 is 0 Å². The highest BCUT2D eigenvalue weighted by molar-refractivity contribution is 4.78. The number of ether oxygens (including phenoxy) is 1. The lowest BCUT2D eigenvalue weighted by Crippen LogP contribution is -1.94. The molecule has 0 aromatic carbocycles. The van der Waals surface area contributed by atoms with Gasteiger partial charge >= 0.3 is 11.9 Å². The van der Waals surface area contributed by atoms with Crippen LogP contribution in [0.25, 0.3) is 0 Å². The van der Waals surface area contributed by atoms with Crippen molar-refractivity contribution in [3.63, 3.8) is 0 Å². The number of methoxy groups -OCH3 is 1. The van der Waals surface area contributed by atoms with Crippen LogP contribution in [0.3, 0.4) is 0 Å². The molecule has 0 unspecified atom stereocenters. The minimum atomic E-state index is -1.06. The summed E-state index contributed by atoms with van der Waals surface area (Å²) in [6.07, 6.45) is 0. The fourth-order valence-electron chi connectivity index (χ4n) is 0.126. The van der Waals surface area contributed by atoms with E-state index in [1.807, 2.05) is 0 Å². The van der Waals surface area contributed by atoms with Crippen LogP contribution in [0.1, 0.15) is 0 Å². The number of aliphatic hydroxyl groups excluding tert-OH is 2. The van der Waals surface area contributed by atoms with Crippen molar-refractivity contribution in [3.05, 3.63) is 11.9 Å². The second-order valence-electron chi connectivity index (χ2n) is 0.906. The van der Waals surface area contributed by atoms with Crippen molar-refractivity contribution in [1.29, 1.82) is 0 Å². The monoisotopic (exact) mass is 122 g/mol. The second-order valence-corrected chi connectivity index (χ2v) is 0.906. The molecule has 5 heteroatoms. The molecule has 0 heterocycles. The van der Waals surface area contributed by atoms with Gasteiger partial charge in [0.05, 0.1) is 7.11 Å². The molecule has 0 aliphatic heterocycles. The number of rotatable bonds is 2. The molecule has 0 atom stereocenters. The quantitative estimate of drug-likeness (QED) is 0.280. The smallest absolute Gasteiger partial charge is 0.396 e. The molecule has 0 bridgehead atoms. The molecule has 0 aromatic heterocycles. The molecule has 3 N–H and O–H groups in total. The molecule has 0 rings (SSSR count). The maximum atomic E-state index is 8.25. The number of hydrogen-bond donors (Lipinski definition) is 3. The molecule has 48 valence electrons. The van der Waals surface area contributed by atoms with Gasteiger partial charge in [0.2, 0.25) is 0 Å². The lowest BCUT2D eigenvalue weighted by molar-refractivity contribution is -0.244. The lowest BCUT2D eigenvalue weighted by atomic mass is 10.9. The average molecular weight is 122 g/mol. The summed E-state index contributed by atoms with van der Waals surface area (Å²) in [6, 6.07) is 0. The lowest BCUT2D eigenvalue weighted by Gasteiger charge is -1.96. The zero-order chi connectivity index (χ0) is 6.57. The predicted molar refractivity (Wildman–Crippen MR) is 23.0 cm³/mol. The summed E-state index contributed by atoms with van der Waals surface area (Å²) in [6.45, 7) is 0. The first kappa shape index (κ1) is 6.90. The Kier molecular flexibility index (Phi) is 2.57. The Labute approximate surface area is 45.3 Å². The minimum Gasteiger partial charge on any atom is -0.476 e. The van der Waals surface area contributed by atoms with Gasteiger partial charge in [0, 0.05) is 0 Å². The van der Waals surface area contributed by atoms with Crippen molar-refractivity contribution in [2.45, 2.75) is 0 Å². The van der Waals surface area contributed by atoms with Crippen LogP contribution in [0.15, 0.2) is 11.9 Å².